The summed E-state index contributed by atoms with van der Waals surface area (Å²) >= 11 is 0. The summed E-state index contributed by atoms with van der Waals surface area (Å²) in [4.78, 5) is 12.4. The zero-order chi connectivity index (χ0) is 17.1. The first-order valence-corrected chi connectivity index (χ1v) is 8.33. The fourth-order valence-electron chi connectivity index (χ4n) is 2.65. The average molecular weight is 329 g/mol. The van der Waals surface area contributed by atoms with Crippen molar-refractivity contribution in [2.45, 2.75) is 39.7 Å². The molecule has 1 aliphatic rings. The summed E-state index contributed by atoms with van der Waals surface area (Å²) in [6.45, 7) is 7.64. The molecule has 0 bridgehead atoms. The van der Waals surface area contributed by atoms with Gasteiger partial charge in [0.05, 0.1) is 5.69 Å². The van der Waals surface area contributed by atoms with Crippen molar-refractivity contribution in [3.63, 3.8) is 0 Å². The molecule has 0 saturated carbocycles. The summed E-state index contributed by atoms with van der Waals surface area (Å²) in [6, 6.07) is 7.74. The quantitative estimate of drug-likeness (QED) is 0.885. The molecule has 0 atom stereocenters. The molecule has 0 saturated heterocycles. The van der Waals surface area contributed by atoms with Crippen LogP contribution in [0.5, 0.6) is 11.5 Å². The first-order chi connectivity index (χ1) is 11.6. The minimum atomic E-state index is -0.0861. The number of nitrogens with zero attached hydrogens (tertiary/aromatic N) is 2. The summed E-state index contributed by atoms with van der Waals surface area (Å²) in [6.07, 6.45) is 0.736. The Hall–Kier alpha value is -2.50. The van der Waals surface area contributed by atoms with Gasteiger partial charge in [0.25, 0.3) is 5.91 Å². The minimum absolute atomic E-state index is 0.0861. The van der Waals surface area contributed by atoms with E-state index in [0.717, 1.165) is 29.2 Å². The van der Waals surface area contributed by atoms with Gasteiger partial charge in [0.2, 0.25) is 6.79 Å². The van der Waals surface area contributed by atoms with E-state index in [9.17, 15) is 4.79 Å². The molecule has 0 spiro atoms. The highest BCUT2D eigenvalue weighted by molar-refractivity contribution is 5.92. The molecule has 128 valence electrons. The molecule has 6 nitrogen and oxygen atoms in total. The molecule has 2 aromatic rings. The molecule has 1 aromatic carbocycles. The maximum absolute atomic E-state index is 12.4. The molecule has 1 N–H and O–H groups in total. The third kappa shape index (κ3) is 3.37. The summed E-state index contributed by atoms with van der Waals surface area (Å²) in [5.41, 5.74) is 2.66. The maximum atomic E-state index is 12.4. The number of aromatic nitrogens is 2. The number of carbonyl (C=O) groups is 1. The molecule has 2 heterocycles. The van der Waals surface area contributed by atoms with E-state index in [1.54, 1.807) is 4.68 Å². The molecular formula is C18H23N3O3. The number of fused-ring (bicyclic) bond motifs is 1. The van der Waals surface area contributed by atoms with Crippen LogP contribution in [0.2, 0.25) is 0 Å². The number of amides is 1. The van der Waals surface area contributed by atoms with Crippen LogP contribution in [0.25, 0.3) is 0 Å². The Bertz CT molecular complexity index is 737. The van der Waals surface area contributed by atoms with Gasteiger partial charge in [0.1, 0.15) is 5.69 Å². The molecule has 0 unspecified atom stereocenters. The molecule has 0 radical (unpaired) electrons. The number of carbonyl (C=O) groups excluding carboxylic acids is 1. The van der Waals surface area contributed by atoms with E-state index in [0.29, 0.717) is 24.7 Å². The molecular weight excluding hydrogens is 306 g/mol. The number of nitrogens with one attached hydrogen (secondary N) is 1. The fourth-order valence-corrected chi connectivity index (χ4v) is 2.65. The Labute approximate surface area is 141 Å². The van der Waals surface area contributed by atoms with Crippen LogP contribution in [0.4, 0.5) is 0 Å². The van der Waals surface area contributed by atoms with Crippen LogP contribution in [0.3, 0.4) is 0 Å². The lowest BCUT2D eigenvalue weighted by Gasteiger charge is -2.07. The van der Waals surface area contributed by atoms with Gasteiger partial charge in [-0.2, -0.15) is 5.10 Å². The first-order valence-electron chi connectivity index (χ1n) is 8.33. The predicted molar refractivity (Wildman–Crippen MR) is 90.6 cm³/mol. The number of hydrogen-bond acceptors (Lipinski definition) is 4. The van der Waals surface area contributed by atoms with E-state index in [1.807, 2.05) is 31.2 Å². The monoisotopic (exact) mass is 329 g/mol. The Balaban J connectivity index is 1.59. The van der Waals surface area contributed by atoms with Crippen molar-refractivity contribution >= 4 is 5.91 Å². The Kier molecular flexibility index (Phi) is 4.74. The average Bonchev–Trinajstić information content (AvgIpc) is 3.20. The van der Waals surface area contributed by atoms with Crippen LogP contribution in [0.15, 0.2) is 24.3 Å². The number of hydrogen-bond donors (Lipinski definition) is 1. The van der Waals surface area contributed by atoms with Crippen LogP contribution in [-0.4, -0.2) is 29.0 Å². The van der Waals surface area contributed by atoms with Crippen molar-refractivity contribution in [3.8, 4) is 11.5 Å². The van der Waals surface area contributed by atoms with Gasteiger partial charge >= 0.3 is 0 Å². The maximum Gasteiger partial charge on any atom is 0.269 e. The van der Waals surface area contributed by atoms with E-state index >= 15 is 0 Å². The zero-order valence-electron chi connectivity index (χ0n) is 14.3. The van der Waals surface area contributed by atoms with Crippen molar-refractivity contribution in [2.24, 2.45) is 0 Å². The van der Waals surface area contributed by atoms with Gasteiger partial charge in [-0.05, 0) is 43.0 Å². The second-order valence-corrected chi connectivity index (χ2v) is 6.12. The highest BCUT2D eigenvalue weighted by Gasteiger charge is 2.16. The topological polar surface area (TPSA) is 65.4 Å². The van der Waals surface area contributed by atoms with Crippen molar-refractivity contribution in [2.75, 3.05) is 13.3 Å². The van der Waals surface area contributed by atoms with Gasteiger partial charge in [-0.15, -0.1) is 0 Å². The molecule has 1 aromatic heterocycles. The summed E-state index contributed by atoms with van der Waals surface area (Å²) in [7, 11) is 0. The van der Waals surface area contributed by atoms with Crippen LogP contribution in [0.1, 0.15) is 48.4 Å². The third-order valence-corrected chi connectivity index (χ3v) is 4.06. The smallest absolute Gasteiger partial charge is 0.269 e. The number of benzene rings is 1. The Morgan fingerprint density at radius 1 is 1.29 bits per heavy atom. The molecule has 24 heavy (non-hydrogen) atoms. The SMILES string of the molecule is CCn1nc(C(C)C)cc1C(=O)NCCc1ccc2c(c1)OCO2. The normalized spacial score (nSPS) is 12.7. The summed E-state index contributed by atoms with van der Waals surface area (Å²) < 4.78 is 12.4. The van der Waals surface area contributed by atoms with Gasteiger partial charge in [0, 0.05) is 13.1 Å². The van der Waals surface area contributed by atoms with E-state index in [-0.39, 0.29) is 12.7 Å². The van der Waals surface area contributed by atoms with E-state index < -0.39 is 0 Å². The number of rotatable bonds is 6. The summed E-state index contributed by atoms with van der Waals surface area (Å²) in [5.74, 6) is 1.76. The highest BCUT2D eigenvalue weighted by atomic mass is 16.7. The molecule has 0 fully saturated rings. The molecule has 1 amide bonds. The third-order valence-electron chi connectivity index (χ3n) is 4.06. The van der Waals surface area contributed by atoms with Crippen LogP contribution in [0, 0.1) is 0 Å². The highest BCUT2D eigenvalue weighted by Crippen LogP contribution is 2.32. The van der Waals surface area contributed by atoms with Crippen LogP contribution < -0.4 is 14.8 Å². The van der Waals surface area contributed by atoms with Gasteiger partial charge in [-0.3, -0.25) is 9.48 Å². The number of aryl methyl sites for hydroxylation is 1. The van der Waals surface area contributed by atoms with Gasteiger partial charge < -0.3 is 14.8 Å². The molecule has 3 rings (SSSR count). The van der Waals surface area contributed by atoms with Gasteiger partial charge in [0.15, 0.2) is 11.5 Å². The predicted octanol–water partition coefficient (Wildman–Crippen LogP) is 2.73. The Morgan fingerprint density at radius 2 is 2.08 bits per heavy atom. The second kappa shape index (κ2) is 6.95. The van der Waals surface area contributed by atoms with Crippen molar-refractivity contribution in [1.82, 2.24) is 15.1 Å². The lowest BCUT2D eigenvalue weighted by molar-refractivity contribution is 0.0943. The largest absolute Gasteiger partial charge is 0.454 e. The van der Waals surface area contributed by atoms with E-state index in [4.69, 9.17) is 9.47 Å². The standard InChI is InChI=1S/C18H23N3O3/c1-4-21-15(10-14(20-21)12(2)3)18(22)19-8-7-13-5-6-16-17(9-13)24-11-23-16/h5-6,9-10,12H,4,7-8,11H2,1-3H3,(H,19,22). The lowest BCUT2D eigenvalue weighted by atomic mass is 10.1. The van der Waals surface area contributed by atoms with Crippen molar-refractivity contribution in [3.05, 3.63) is 41.2 Å². The second-order valence-electron chi connectivity index (χ2n) is 6.12. The summed E-state index contributed by atoms with van der Waals surface area (Å²) in [5, 5.41) is 7.45. The molecule has 0 aliphatic carbocycles. The van der Waals surface area contributed by atoms with Crippen LogP contribution in [-0.2, 0) is 13.0 Å². The molecule has 1 aliphatic heterocycles. The zero-order valence-corrected chi connectivity index (χ0v) is 14.3. The molecule has 6 heteroatoms. The van der Waals surface area contributed by atoms with E-state index in [1.165, 1.54) is 0 Å². The lowest BCUT2D eigenvalue weighted by Crippen LogP contribution is -2.28. The van der Waals surface area contributed by atoms with Crippen LogP contribution >= 0.6 is 0 Å². The van der Waals surface area contributed by atoms with Gasteiger partial charge in [-0.1, -0.05) is 19.9 Å². The van der Waals surface area contributed by atoms with Crippen molar-refractivity contribution < 1.29 is 14.3 Å². The van der Waals surface area contributed by atoms with Gasteiger partial charge in [-0.25, -0.2) is 0 Å². The minimum Gasteiger partial charge on any atom is -0.454 e. The number of ether oxygens (including phenoxy) is 2. The fraction of sp³-hybridized carbons (Fsp3) is 0.444. The Morgan fingerprint density at radius 3 is 2.83 bits per heavy atom. The first kappa shape index (κ1) is 16.4. The van der Waals surface area contributed by atoms with E-state index in [2.05, 4.69) is 24.3 Å². The van der Waals surface area contributed by atoms with Crippen molar-refractivity contribution in [1.29, 1.82) is 0 Å².